The first-order valence-electron chi connectivity index (χ1n) is 13.0. The lowest BCUT2D eigenvalue weighted by molar-refractivity contribution is 0.146. The second-order valence-corrected chi connectivity index (χ2v) is 11.7. The van der Waals surface area contributed by atoms with Gasteiger partial charge in [0.1, 0.15) is 36.9 Å². The van der Waals surface area contributed by atoms with E-state index in [0.717, 1.165) is 30.6 Å². The smallest absolute Gasteiger partial charge is 0.122 e. The Balaban J connectivity index is 1.44. The maximum Gasteiger partial charge on any atom is 0.122 e. The van der Waals surface area contributed by atoms with Crippen LogP contribution in [0.25, 0.3) is 0 Å². The molecule has 2 saturated heterocycles. The van der Waals surface area contributed by atoms with Gasteiger partial charge in [0.05, 0.1) is 13.2 Å². The highest BCUT2D eigenvalue weighted by Gasteiger charge is 2.41. The minimum atomic E-state index is 0.0214. The molecule has 3 aliphatic rings. The number of hydrogen-bond donors (Lipinski definition) is 0. The molecule has 2 heterocycles. The lowest BCUT2D eigenvalue weighted by Gasteiger charge is -2.45. The van der Waals surface area contributed by atoms with Crippen LogP contribution in [0.3, 0.4) is 0 Å². The molecule has 4 nitrogen and oxygen atoms in total. The minimum Gasteiger partial charge on any atom is -0.491 e. The monoisotopic (exact) mass is 464 g/mol. The zero-order valence-corrected chi connectivity index (χ0v) is 21.5. The van der Waals surface area contributed by atoms with Crippen molar-refractivity contribution in [2.24, 2.45) is 11.3 Å². The summed E-state index contributed by atoms with van der Waals surface area (Å²) < 4.78 is 22.7. The Morgan fingerprint density at radius 3 is 1.59 bits per heavy atom. The first kappa shape index (κ1) is 23.7. The van der Waals surface area contributed by atoms with Crippen LogP contribution >= 0.6 is 0 Å². The van der Waals surface area contributed by atoms with Crippen LogP contribution in [-0.4, -0.2) is 38.6 Å². The zero-order valence-electron chi connectivity index (χ0n) is 21.5. The van der Waals surface area contributed by atoms with E-state index >= 15 is 0 Å². The molecule has 2 atom stereocenters. The fourth-order valence-corrected chi connectivity index (χ4v) is 5.63. The van der Waals surface area contributed by atoms with E-state index in [-0.39, 0.29) is 17.6 Å². The summed E-state index contributed by atoms with van der Waals surface area (Å²) in [6.07, 6.45) is 5.37. The number of epoxide rings is 2. The number of rotatable bonds is 8. The van der Waals surface area contributed by atoms with Crippen LogP contribution < -0.4 is 9.47 Å². The van der Waals surface area contributed by atoms with Crippen LogP contribution in [0.4, 0.5) is 0 Å². The largest absolute Gasteiger partial charge is 0.491 e. The van der Waals surface area contributed by atoms with Crippen molar-refractivity contribution in [3.8, 4) is 11.5 Å². The molecular formula is C30H40O4. The van der Waals surface area contributed by atoms with Gasteiger partial charge in [0.25, 0.3) is 0 Å². The molecule has 184 valence electrons. The average Bonchev–Trinajstić information content (AvgIpc) is 3.72. The Bertz CT molecular complexity index is 937. The molecule has 1 saturated carbocycles. The summed E-state index contributed by atoms with van der Waals surface area (Å²) in [5, 5.41) is 0. The van der Waals surface area contributed by atoms with Gasteiger partial charge >= 0.3 is 0 Å². The molecule has 0 aromatic heterocycles. The highest BCUT2D eigenvalue weighted by molar-refractivity contribution is 5.48. The second-order valence-electron chi connectivity index (χ2n) is 11.7. The summed E-state index contributed by atoms with van der Waals surface area (Å²) in [6, 6.07) is 13.7. The molecule has 5 rings (SSSR count). The van der Waals surface area contributed by atoms with Crippen molar-refractivity contribution in [3.05, 3.63) is 58.7 Å². The molecule has 0 spiro atoms. The maximum atomic E-state index is 6.04. The molecule has 0 amide bonds. The number of aryl methyl sites for hydroxylation is 2. The van der Waals surface area contributed by atoms with Gasteiger partial charge in [-0.3, -0.25) is 0 Å². The standard InChI is InChI=1S/C30H40O4/c1-20-14-23(6-8-27(20)33-18-25-16-31-25)30(12-10-22(11-13-30)29(3,4)5)24-7-9-28(21(2)15-24)34-19-26-17-32-26/h6-9,14-15,22,25-26H,10-13,16-19H2,1-5H3. The quantitative estimate of drug-likeness (QED) is 0.425. The van der Waals surface area contributed by atoms with Crippen molar-refractivity contribution in [1.82, 2.24) is 0 Å². The van der Waals surface area contributed by atoms with E-state index in [1.54, 1.807) is 0 Å². The van der Waals surface area contributed by atoms with Crippen molar-refractivity contribution in [1.29, 1.82) is 0 Å². The van der Waals surface area contributed by atoms with E-state index in [9.17, 15) is 0 Å². The summed E-state index contributed by atoms with van der Waals surface area (Å²) in [7, 11) is 0. The summed E-state index contributed by atoms with van der Waals surface area (Å²) in [6.45, 7) is 14.5. The molecule has 2 unspecified atom stereocenters. The van der Waals surface area contributed by atoms with Gasteiger partial charge in [0, 0.05) is 5.41 Å². The number of hydrogen-bond acceptors (Lipinski definition) is 4. The fraction of sp³-hybridized carbons (Fsp3) is 0.600. The van der Waals surface area contributed by atoms with Crippen LogP contribution in [-0.2, 0) is 14.9 Å². The van der Waals surface area contributed by atoms with Crippen LogP contribution in [0.15, 0.2) is 36.4 Å². The highest BCUT2D eigenvalue weighted by Crippen LogP contribution is 2.51. The molecule has 0 radical (unpaired) electrons. The molecule has 2 aromatic rings. The molecule has 34 heavy (non-hydrogen) atoms. The summed E-state index contributed by atoms with van der Waals surface area (Å²) in [4.78, 5) is 0. The molecule has 1 aliphatic carbocycles. The normalized spacial score (nSPS) is 28.4. The van der Waals surface area contributed by atoms with Gasteiger partial charge in [0.15, 0.2) is 0 Å². The third kappa shape index (κ3) is 5.13. The lowest BCUT2D eigenvalue weighted by Crippen LogP contribution is -2.36. The van der Waals surface area contributed by atoms with Crippen LogP contribution in [0.5, 0.6) is 11.5 Å². The predicted molar refractivity (Wildman–Crippen MR) is 135 cm³/mol. The fourth-order valence-electron chi connectivity index (χ4n) is 5.63. The third-order valence-electron chi connectivity index (χ3n) is 8.17. The topological polar surface area (TPSA) is 43.5 Å². The van der Waals surface area contributed by atoms with Crippen molar-refractivity contribution in [2.75, 3.05) is 26.4 Å². The van der Waals surface area contributed by atoms with Gasteiger partial charge in [-0.05, 0) is 85.3 Å². The van der Waals surface area contributed by atoms with Crippen LogP contribution in [0.2, 0.25) is 0 Å². The molecule has 0 bridgehead atoms. The molecule has 0 N–H and O–H groups in total. The first-order valence-corrected chi connectivity index (χ1v) is 13.0. The number of benzene rings is 2. The van der Waals surface area contributed by atoms with Crippen molar-refractivity contribution in [3.63, 3.8) is 0 Å². The Kier molecular flexibility index (Phi) is 6.41. The summed E-state index contributed by atoms with van der Waals surface area (Å²) in [5.74, 6) is 2.70. The zero-order chi connectivity index (χ0) is 23.9. The summed E-state index contributed by atoms with van der Waals surface area (Å²) >= 11 is 0. The summed E-state index contributed by atoms with van der Waals surface area (Å²) in [5.41, 5.74) is 5.60. The van der Waals surface area contributed by atoms with E-state index in [2.05, 4.69) is 71.0 Å². The third-order valence-corrected chi connectivity index (χ3v) is 8.17. The average molecular weight is 465 g/mol. The maximum absolute atomic E-state index is 6.04. The molecule has 2 aliphatic heterocycles. The van der Waals surface area contributed by atoms with Gasteiger partial charge in [-0.25, -0.2) is 0 Å². The van der Waals surface area contributed by atoms with Gasteiger partial charge in [-0.1, -0.05) is 45.0 Å². The molecule has 4 heteroatoms. The van der Waals surface area contributed by atoms with Crippen molar-refractivity contribution < 1.29 is 18.9 Å². The van der Waals surface area contributed by atoms with Crippen molar-refractivity contribution in [2.45, 2.75) is 77.9 Å². The first-order chi connectivity index (χ1) is 16.2. The minimum absolute atomic E-state index is 0.0214. The SMILES string of the molecule is Cc1cc(C2(c3ccc(OCC4CO4)c(C)c3)CCC(C(C)(C)C)CC2)ccc1OCC1CO1. The molecule has 2 aromatic carbocycles. The van der Waals surface area contributed by atoms with Crippen molar-refractivity contribution >= 4 is 0 Å². The Morgan fingerprint density at radius 1 is 0.794 bits per heavy atom. The van der Waals surface area contributed by atoms with Gasteiger partial charge in [-0.2, -0.15) is 0 Å². The van der Waals surface area contributed by atoms with E-state index in [1.165, 1.54) is 47.9 Å². The Labute approximate surface area is 204 Å². The van der Waals surface area contributed by atoms with E-state index < -0.39 is 0 Å². The van der Waals surface area contributed by atoms with Gasteiger partial charge in [-0.15, -0.1) is 0 Å². The Hall–Kier alpha value is -2.04. The van der Waals surface area contributed by atoms with Crippen LogP contribution in [0.1, 0.15) is 68.7 Å². The van der Waals surface area contributed by atoms with Gasteiger partial charge < -0.3 is 18.9 Å². The van der Waals surface area contributed by atoms with Crippen LogP contribution in [0, 0.1) is 25.2 Å². The highest BCUT2D eigenvalue weighted by atomic mass is 16.6. The molecular weight excluding hydrogens is 424 g/mol. The van der Waals surface area contributed by atoms with Gasteiger partial charge in [0.2, 0.25) is 0 Å². The lowest BCUT2D eigenvalue weighted by atomic mass is 9.59. The van der Waals surface area contributed by atoms with E-state index in [1.807, 2.05) is 0 Å². The molecule has 3 fully saturated rings. The predicted octanol–water partition coefficient (Wildman–Crippen LogP) is 6.38. The Morgan fingerprint density at radius 2 is 1.24 bits per heavy atom. The number of ether oxygens (including phenoxy) is 4. The second kappa shape index (κ2) is 9.20. The van der Waals surface area contributed by atoms with E-state index in [0.29, 0.717) is 18.6 Å². The van der Waals surface area contributed by atoms with E-state index in [4.69, 9.17) is 18.9 Å².